The van der Waals surface area contributed by atoms with Crippen molar-refractivity contribution in [3.05, 3.63) is 0 Å². The van der Waals surface area contributed by atoms with E-state index in [0.29, 0.717) is 0 Å². The highest BCUT2D eigenvalue weighted by molar-refractivity contribution is 7.80. The molecule has 4 nitrogen and oxygen atoms in total. The van der Waals surface area contributed by atoms with Gasteiger partial charge in [-0.2, -0.15) is 12.6 Å². The summed E-state index contributed by atoms with van der Waals surface area (Å²) in [5.41, 5.74) is 0. The fourth-order valence-electron chi connectivity index (χ4n) is 0.826. The van der Waals surface area contributed by atoms with Gasteiger partial charge in [0.2, 0.25) is 5.91 Å². The summed E-state index contributed by atoms with van der Waals surface area (Å²) in [4.78, 5) is 22.3. The van der Waals surface area contributed by atoms with Crippen LogP contribution in [-0.2, 0) is 14.3 Å². The van der Waals surface area contributed by atoms with Crippen LogP contribution in [0.2, 0.25) is 0 Å². The topological polar surface area (TPSA) is 55.4 Å². The average molecular weight is 233 g/mol. The second kappa shape index (κ2) is 6.71. The van der Waals surface area contributed by atoms with Crippen LogP contribution in [0.25, 0.3) is 0 Å². The largest absolute Gasteiger partial charge is 0.461 e. The molecule has 0 aliphatic rings. The maximum absolute atomic E-state index is 11.5. The second-order valence-electron chi connectivity index (χ2n) is 3.82. The molecule has 0 radical (unpaired) electrons. The van der Waals surface area contributed by atoms with E-state index in [1.807, 2.05) is 20.8 Å². The van der Waals surface area contributed by atoms with Crippen molar-refractivity contribution >= 4 is 24.5 Å². The molecular formula is C10H19NO3S. The molecule has 88 valence electrons. The Morgan fingerprint density at radius 2 is 1.87 bits per heavy atom. The van der Waals surface area contributed by atoms with E-state index < -0.39 is 12.0 Å². The lowest BCUT2D eigenvalue weighted by Gasteiger charge is -2.20. The van der Waals surface area contributed by atoms with Crippen molar-refractivity contribution in [3.8, 4) is 0 Å². The summed E-state index contributed by atoms with van der Waals surface area (Å²) >= 11 is 3.99. The van der Waals surface area contributed by atoms with Crippen LogP contribution in [0.1, 0.15) is 27.7 Å². The summed E-state index contributed by atoms with van der Waals surface area (Å²) in [5, 5.41) is 2.48. The van der Waals surface area contributed by atoms with Gasteiger partial charge in [-0.15, -0.1) is 0 Å². The summed E-state index contributed by atoms with van der Waals surface area (Å²) in [5.74, 6) is -0.195. The number of carbonyl (C=O) groups excluding carboxylic acids is 2. The number of ether oxygens (including phenoxy) is 1. The van der Waals surface area contributed by atoms with E-state index in [1.165, 1.54) is 6.92 Å². The van der Waals surface area contributed by atoms with E-state index in [2.05, 4.69) is 17.9 Å². The van der Waals surface area contributed by atoms with Crippen molar-refractivity contribution in [1.82, 2.24) is 5.32 Å². The van der Waals surface area contributed by atoms with Crippen LogP contribution >= 0.6 is 12.6 Å². The standard InChI is InChI=1S/C10H19NO3S/c1-6(2)7(3)14-10(13)9(5-15)11-8(4)12/h6-7,9,15H,5H2,1-4H3,(H,11,12)/t7-,9-/m0/s1. The molecule has 0 rings (SSSR count). The molecule has 0 aromatic heterocycles. The van der Waals surface area contributed by atoms with E-state index in [4.69, 9.17) is 4.74 Å². The van der Waals surface area contributed by atoms with Crippen LogP contribution in [0, 0.1) is 5.92 Å². The van der Waals surface area contributed by atoms with Crippen molar-refractivity contribution in [2.24, 2.45) is 5.92 Å². The Hall–Kier alpha value is -0.710. The number of carbonyl (C=O) groups is 2. The highest BCUT2D eigenvalue weighted by Gasteiger charge is 2.22. The van der Waals surface area contributed by atoms with Gasteiger partial charge in [-0.25, -0.2) is 4.79 Å². The summed E-state index contributed by atoms with van der Waals surface area (Å²) in [6, 6.07) is -0.660. The quantitative estimate of drug-likeness (QED) is 0.550. The van der Waals surface area contributed by atoms with Gasteiger partial charge < -0.3 is 10.1 Å². The third-order valence-corrected chi connectivity index (χ3v) is 2.45. The third kappa shape index (κ3) is 5.67. The van der Waals surface area contributed by atoms with Gasteiger partial charge in [0.05, 0.1) is 0 Å². The second-order valence-corrected chi connectivity index (χ2v) is 4.19. The van der Waals surface area contributed by atoms with Crippen LogP contribution < -0.4 is 5.32 Å². The monoisotopic (exact) mass is 233 g/mol. The van der Waals surface area contributed by atoms with E-state index >= 15 is 0 Å². The zero-order valence-corrected chi connectivity index (χ0v) is 10.5. The van der Waals surface area contributed by atoms with Crippen LogP contribution in [0.15, 0.2) is 0 Å². The van der Waals surface area contributed by atoms with E-state index in [9.17, 15) is 9.59 Å². The van der Waals surface area contributed by atoms with E-state index in [1.54, 1.807) is 0 Å². The summed E-state index contributed by atoms with van der Waals surface area (Å²) in [6.45, 7) is 7.11. The number of thiol groups is 1. The molecule has 0 bridgehead atoms. The van der Waals surface area contributed by atoms with Gasteiger partial charge in [0, 0.05) is 12.7 Å². The first-order valence-corrected chi connectivity index (χ1v) is 5.60. The Kier molecular flexibility index (Phi) is 6.40. The first-order valence-electron chi connectivity index (χ1n) is 4.97. The lowest BCUT2D eigenvalue weighted by molar-refractivity contribution is -0.153. The first-order chi connectivity index (χ1) is 6.88. The van der Waals surface area contributed by atoms with Crippen LogP contribution in [0.5, 0.6) is 0 Å². The first kappa shape index (κ1) is 14.3. The molecule has 0 aromatic rings. The number of amides is 1. The lowest BCUT2D eigenvalue weighted by atomic mass is 10.1. The summed E-state index contributed by atoms with van der Waals surface area (Å²) in [7, 11) is 0. The molecule has 1 N–H and O–H groups in total. The molecule has 0 spiro atoms. The predicted octanol–water partition coefficient (Wildman–Crippen LogP) is 1.01. The average Bonchev–Trinajstić information content (AvgIpc) is 2.13. The molecular weight excluding hydrogens is 214 g/mol. The van der Waals surface area contributed by atoms with E-state index in [0.717, 1.165) is 0 Å². The van der Waals surface area contributed by atoms with Crippen LogP contribution in [-0.4, -0.2) is 29.8 Å². The third-order valence-electron chi connectivity index (χ3n) is 2.09. The zero-order chi connectivity index (χ0) is 12.0. The van der Waals surface area contributed by atoms with Crippen LogP contribution in [0.3, 0.4) is 0 Å². The fraction of sp³-hybridized carbons (Fsp3) is 0.800. The molecule has 0 saturated carbocycles. The Labute approximate surface area is 96.2 Å². The Balaban J connectivity index is 4.21. The van der Waals surface area contributed by atoms with E-state index in [-0.39, 0.29) is 23.7 Å². The molecule has 0 aromatic carbocycles. The lowest BCUT2D eigenvalue weighted by Crippen LogP contribution is -2.43. The number of nitrogens with one attached hydrogen (secondary N) is 1. The van der Waals surface area contributed by atoms with Gasteiger partial charge in [-0.05, 0) is 12.8 Å². The molecule has 0 aliphatic carbocycles. The molecule has 0 aliphatic heterocycles. The Bertz CT molecular complexity index is 231. The maximum atomic E-state index is 11.5. The van der Waals surface area contributed by atoms with Crippen molar-refractivity contribution in [2.75, 3.05) is 5.75 Å². The van der Waals surface area contributed by atoms with Crippen molar-refractivity contribution in [3.63, 3.8) is 0 Å². The van der Waals surface area contributed by atoms with Gasteiger partial charge in [-0.3, -0.25) is 4.79 Å². The minimum atomic E-state index is -0.660. The molecule has 0 heterocycles. The fourth-order valence-corrected chi connectivity index (χ4v) is 1.07. The van der Waals surface area contributed by atoms with Crippen molar-refractivity contribution in [2.45, 2.75) is 39.8 Å². The van der Waals surface area contributed by atoms with Crippen molar-refractivity contribution in [1.29, 1.82) is 0 Å². The molecule has 0 unspecified atom stereocenters. The normalized spacial score (nSPS) is 14.5. The Morgan fingerprint density at radius 1 is 1.33 bits per heavy atom. The SMILES string of the molecule is CC(=O)N[C@@H](CS)C(=O)O[C@@H](C)C(C)C. The molecule has 0 fully saturated rings. The molecule has 5 heteroatoms. The van der Waals surface area contributed by atoms with Gasteiger partial charge >= 0.3 is 5.97 Å². The molecule has 1 amide bonds. The summed E-state index contributed by atoms with van der Waals surface area (Å²) < 4.78 is 5.16. The predicted molar refractivity (Wildman–Crippen MR) is 61.8 cm³/mol. The molecule has 15 heavy (non-hydrogen) atoms. The van der Waals surface area contributed by atoms with Crippen LogP contribution in [0.4, 0.5) is 0 Å². The summed E-state index contributed by atoms with van der Waals surface area (Å²) in [6.07, 6.45) is -0.159. The smallest absolute Gasteiger partial charge is 0.329 e. The molecule has 0 saturated heterocycles. The van der Waals surface area contributed by atoms with Gasteiger partial charge in [-0.1, -0.05) is 13.8 Å². The van der Waals surface area contributed by atoms with Crippen molar-refractivity contribution < 1.29 is 14.3 Å². The number of hydrogen-bond donors (Lipinski definition) is 2. The number of esters is 1. The molecule has 2 atom stereocenters. The van der Waals surface area contributed by atoms with Gasteiger partial charge in [0.25, 0.3) is 0 Å². The minimum Gasteiger partial charge on any atom is -0.461 e. The minimum absolute atomic E-state index is 0.159. The van der Waals surface area contributed by atoms with Gasteiger partial charge in [0.15, 0.2) is 0 Å². The number of hydrogen-bond acceptors (Lipinski definition) is 4. The maximum Gasteiger partial charge on any atom is 0.329 e. The van der Waals surface area contributed by atoms with Gasteiger partial charge in [0.1, 0.15) is 12.1 Å². The number of rotatable bonds is 5. The highest BCUT2D eigenvalue weighted by atomic mass is 32.1. The highest BCUT2D eigenvalue weighted by Crippen LogP contribution is 2.07. The Morgan fingerprint density at radius 3 is 2.20 bits per heavy atom. The zero-order valence-electron chi connectivity index (χ0n) is 9.61.